The van der Waals surface area contributed by atoms with Gasteiger partial charge in [0.1, 0.15) is 6.10 Å². The quantitative estimate of drug-likeness (QED) is 0.842. The molecule has 6 heteroatoms. The Hall–Kier alpha value is -1.95. The summed E-state index contributed by atoms with van der Waals surface area (Å²) in [5.41, 5.74) is 4.15. The second-order valence-corrected chi connectivity index (χ2v) is 7.33. The van der Waals surface area contributed by atoms with Crippen LogP contribution in [0.5, 0.6) is 0 Å². The Labute approximate surface area is 148 Å². The summed E-state index contributed by atoms with van der Waals surface area (Å²) in [6.07, 6.45) is 4.77. The van der Waals surface area contributed by atoms with Crippen LogP contribution in [0.1, 0.15) is 55.1 Å². The van der Waals surface area contributed by atoms with E-state index in [9.17, 15) is 4.79 Å². The SMILES string of the molecule is Cc1cc2nc(C3CCN(C(=O)C4CCCCO4)CC3)cc(C)n2n1. The highest BCUT2D eigenvalue weighted by Crippen LogP contribution is 2.29. The van der Waals surface area contributed by atoms with E-state index in [2.05, 4.69) is 18.1 Å². The van der Waals surface area contributed by atoms with Gasteiger partial charge in [-0.2, -0.15) is 5.10 Å². The zero-order valence-electron chi connectivity index (χ0n) is 15.1. The predicted octanol–water partition coefficient (Wildman–Crippen LogP) is 2.62. The Bertz CT molecular complexity index is 771. The third-order valence-corrected chi connectivity index (χ3v) is 5.43. The van der Waals surface area contributed by atoms with Crippen LogP contribution in [0.3, 0.4) is 0 Å². The fourth-order valence-corrected chi connectivity index (χ4v) is 4.01. The minimum absolute atomic E-state index is 0.184. The smallest absolute Gasteiger partial charge is 0.251 e. The number of carbonyl (C=O) groups excluding carboxylic acids is 1. The number of amides is 1. The maximum atomic E-state index is 12.6. The molecule has 1 amide bonds. The van der Waals surface area contributed by atoms with E-state index in [4.69, 9.17) is 9.72 Å². The molecule has 0 bridgehead atoms. The van der Waals surface area contributed by atoms with Gasteiger partial charge in [-0.05, 0) is 52.0 Å². The second-order valence-electron chi connectivity index (χ2n) is 7.33. The predicted molar refractivity (Wildman–Crippen MR) is 94.6 cm³/mol. The van der Waals surface area contributed by atoms with Crippen molar-refractivity contribution in [2.75, 3.05) is 19.7 Å². The Morgan fingerprint density at radius 3 is 2.68 bits per heavy atom. The molecule has 0 saturated carbocycles. The minimum atomic E-state index is -0.211. The zero-order chi connectivity index (χ0) is 17.4. The van der Waals surface area contributed by atoms with Crippen LogP contribution in [0.25, 0.3) is 5.65 Å². The summed E-state index contributed by atoms with van der Waals surface area (Å²) < 4.78 is 7.56. The first kappa shape index (κ1) is 16.5. The molecule has 2 aliphatic rings. The van der Waals surface area contributed by atoms with E-state index in [1.807, 2.05) is 22.4 Å². The third kappa shape index (κ3) is 3.27. The van der Waals surface area contributed by atoms with Gasteiger partial charge in [0.2, 0.25) is 0 Å². The third-order valence-electron chi connectivity index (χ3n) is 5.43. The number of likely N-dealkylation sites (tertiary alicyclic amines) is 1. The number of rotatable bonds is 2. The summed E-state index contributed by atoms with van der Waals surface area (Å²) in [6, 6.07) is 4.17. The molecule has 2 saturated heterocycles. The van der Waals surface area contributed by atoms with Crippen LogP contribution in [0.2, 0.25) is 0 Å². The number of fused-ring (bicyclic) bond motifs is 1. The van der Waals surface area contributed by atoms with Gasteiger partial charge in [-0.1, -0.05) is 0 Å². The first-order chi connectivity index (χ1) is 12.1. The normalized spacial score (nSPS) is 22.5. The first-order valence-electron chi connectivity index (χ1n) is 9.36. The molecule has 1 unspecified atom stereocenters. The molecule has 2 fully saturated rings. The summed E-state index contributed by atoms with van der Waals surface area (Å²) in [7, 11) is 0. The molecule has 4 rings (SSSR count). The number of hydrogen-bond donors (Lipinski definition) is 0. The highest BCUT2D eigenvalue weighted by molar-refractivity contribution is 5.81. The van der Waals surface area contributed by atoms with Gasteiger partial charge in [-0.25, -0.2) is 9.50 Å². The van der Waals surface area contributed by atoms with Gasteiger partial charge in [-0.3, -0.25) is 4.79 Å². The van der Waals surface area contributed by atoms with Gasteiger partial charge in [0.15, 0.2) is 5.65 Å². The Kier molecular flexibility index (Phi) is 4.46. The fourth-order valence-electron chi connectivity index (χ4n) is 4.01. The number of hydrogen-bond acceptors (Lipinski definition) is 4. The standard InChI is InChI=1S/C19H26N4O2/c1-13-11-18-20-16(12-14(2)23(18)21-13)15-6-8-22(9-7-15)19(24)17-5-3-4-10-25-17/h11-12,15,17H,3-10H2,1-2H3. The average molecular weight is 342 g/mol. The molecule has 2 aliphatic heterocycles. The van der Waals surface area contributed by atoms with Crippen molar-refractivity contribution in [2.45, 2.75) is 58.0 Å². The molecule has 25 heavy (non-hydrogen) atoms. The van der Waals surface area contributed by atoms with Crippen molar-refractivity contribution in [2.24, 2.45) is 0 Å². The van der Waals surface area contributed by atoms with Crippen molar-refractivity contribution in [1.29, 1.82) is 0 Å². The van der Waals surface area contributed by atoms with E-state index in [1.165, 1.54) is 0 Å². The minimum Gasteiger partial charge on any atom is -0.368 e. The van der Waals surface area contributed by atoms with Crippen molar-refractivity contribution in [1.82, 2.24) is 19.5 Å². The second kappa shape index (κ2) is 6.75. The van der Waals surface area contributed by atoms with E-state index in [1.54, 1.807) is 0 Å². The molecule has 2 aromatic rings. The van der Waals surface area contributed by atoms with Gasteiger partial charge in [0, 0.05) is 43.1 Å². The molecular formula is C19H26N4O2. The number of ether oxygens (including phenoxy) is 1. The number of nitrogens with zero attached hydrogens (tertiary/aromatic N) is 4. The van der Waals surface area contributed by atoms with Gasteiger partial charge < -0.3 is 9.64 Å². The number of aromatic nitrogens is 3. The van der Waals surface area contributed by atoms with Crippen molar-refractivity contribution < 1.29 is 9.53 Å². The molecule has 0 spiro atoms. The van der Waals surface area contributed by atoms with Crippen LogP contribution in [-0.2, 0) is 9.53 Å². The molecule has 2 aromatic heterocycles. The average Bonchev–Trinajstić information content (AvgIpc) is 3.03. The van der Waals surface area contributed by atoms with Gasteiger partial charge >= 0.3 is 0 Å². The number of piperidine rings is 1. The lowest BCUT2D eigenvalue weighted by atomic mass is 9.92. The maximum Gasteiger partial charge on any atom is 0.251 e. The van der Waals surface area contributed by atoms with Crippen LogP contribution in [0.15, 0.2) is 12.1 Å². The lowest BCUT2D eigenvalue weighted by Crippen LogP contribution is -2.45. The molecule has 0 radical (unpaired) electrons. The number of carbonyl (C=O) groups is 1. The van der Waals surface area contributed by atoms with E-state index in [-0.39, 0.29) is 12.0 Å². The highest BCUT2D eigenvalue weighted by Gasteiger charge is 2.30. The Morgan fingerprint density at radius 1 is 1.16 bits per heavy atom. The van der Waals surface area contributed by atoms with Gasteiger partial charge in [0.25, 0.3) is 5.91 Å². The molecule has 0 N–H and O–H groups in total. The van der Waals surface area contributed by atoms with E-state index in [0.717, 1.165) is 74.5 Å². The summed E-state index contributed by atoms with van der Waals surface area (Å²) in [4.78, 5) is 19.4. The zero-order valence-corrected chi connectivity index (χ0v) is 15.1. The van der Waals surface area contributed by atoms with Crippen LogP contribution >= 0.6 is 0 Å². The van der Waals surface area contributed by atoms with E-state index < -0.39 is 0 Å². The van der Waals surface area contributed by atoms with Crippen molar-refractivity contribution in [3.63, 3.8) is 0 Å². The van der Waals surface area contributed by atoms with Crippen molar-refractivity contribution in [3.8, 4) is 0 Å². The van der Waals surface area contributed by atoms with Gasteiger partial charge in [-0.15, -0.1) is 0 Å². The van der Waals surface area contributed by atoms with Crippen molar-refractivity contribution in [3.05, 3.63) is 29.2 Å². The molecule has 4 heterocycles. The molecule has 0 aliphatic carbocycles. The number of aryl methyl sites for hydroxylation is 2. The molecule has 1 atom stereocenters. The highest BCUT2D eigenvalue weighted by atomic mass is 16.5. The Morgan fingerprint density at radius 2 is 1.96 bits per heavy atom. The van der Waals surface area contributed by atoms with Crippen LogP contribution < -0.4 is 0 Å². The summed E-state index contributed by atoms with van der Waals surface area (Å²) in [5, 5.41) is 4.47. The largest absolute Gasteiger partial charge is 0.368 e. The van der Waals surface area contributed by atoms with Crippen LogP contribution in [0, 0.1) is 13.8 Å². The Balaban J connectivity index is 1.44. The van der Waals surface area contributed by atoms with Gasteiger partial charge in [0.05, 0.1) is 5.69 Å². The summed E-state index contributed by atoms with van der Waals surface area (Å²) in [5.74, 6) is 0.597. The fraction of sp³-hybridized carbons (Fsp3) is 0.632. The van der Waals surface area contributed by atoms with Crippen LogP contribution in [0.4, 0.5) is 0 Å². The first-order valence-corrected chi connectivity index (χ1v) is 9.36. The lowest BCUT2D eigenvalue weighted by molar-refractivity contribution is -0.147. The monoisotopic (exact) mass is 342 g/mol. The van der Waals surface area contributed by atoms with Crippen LogP contribution in [-0.4, -0.2) is 51.2 Å². The summed E-state index contributed by atoms with van der Waals surface area (Å²) >= 11 is 0. The topological polar surface area (TPSA) is 59.7 Å². The molecule has 0 aromatic carbocycles. The van der Waals surface area contributed by atoms with Crippen molar-refractivity contribution >= 4 is 11.6 Å². The lowest BCUT2D eigenvalue weighted by Gasteiger charge is -2.35. The summed E-state index contributed by atoms with van der Waals surface area (Å²) in [6.45, 7) is 6.39. The molecular weight excluding hydrogens is 316 g/mol. The molecule has 6 nitrogen and oxygen atoms in total. The maximum absolute atomic E-state index is 12.6. The van der Waals surface area contributed by atoms with E-state index >= 15 is 0 Å². The molecule has 134 valence electrons. The van der Waals surface area contributed by atoms with E-state index in [0.29, 0.717) is 5.92 Å².